The Labute approximate surface area is 138 Å². The van der Waals surface area contributed by atoms with Gasteiger partial charge in [0, 0.05) is 23.5 Å². The molecule has 3 aromatic heterocycles. The van der Waals surface area contributed by atoms with E-state index in [0.29, 0.717) is 18.0 Å². The molecule has 3 heterocycles. The molecule has 0 unspecified atom stereocenters. The Bertz CT molecular complexity index is 878. The van der Waals surface area contributed by atoms with E-state index in [2.05, 4.69) is 10.4 Å². The van der Waals surface area contributed by atoms with Crippen LogP contribution < -0.4 is 5.32 Å². The molecule has 5 nitrogen and oxygen atoms in total. The fraction of sp³-hybridized carbons (Fsp3) is 0.353. The highest BCUT2D eigenvalue weighted by molar-refractivity contribution is 7.09. The molecule has 23 heavy (non-hydrogen) atoms. The number of nitrogens with one attached hydrogen (secondary N) is 1. The number of aromatic nitrogens is 3. The van der Waals surface area contributed by atoms with Crippen LogP contribution in [0.2, 0.25) is 0 Å². The summed E-state index contributed by atoms with van der Waals surface area (Å²) in [5.41, 5.74) is 3.35. The van der Waals surface area contributed by atoms with E-state index in [9.17, 15) is 4.79 Å². The number of carbonyl (C=O) groups excluding carboxylic acids is 1. The molecular formula is C17H18N4OS. The average Bonchev–Trinajstić information content (AvgIpc) is 3.19. The lowest BCUT2D eigenvalue weighted by Gasteiger charge is -2.08. The summed E-state index contributed by atoms with van der Waals surface area (Å²) in [5, 5.41) is 10.3. The normalized spacial score (nSPS) is 14.3. The van der Waals surface area contributed by atoms with Crippen LogP contribution in [0.5, 0.6) is 0 Å². The molecule has 1 saturated carbocycles. The van der Waals surface area contributed by atoms with Crippen molar-refractivity contribution in [1.29, 1.82) is 0 Å². The Kier molecular flexibility index (Phi) is 3.41. The average molecular weight is 326 g/mol. The number of thiophene rings is 1. The van der Waals surface area contributed by atoms with Gasteiger partial charge >= 0.3 is 0 Å². The third-order valence-corrected chi connectivity index (χ3v) is 5.11. The number of hydrogen-bond acceptors (Lipinski definition) is 4. The molecule has 3 aromatic rings. The molecule has 1 aliphatic rings. The predicted molar refractivity (Wildman–Crippen MR) is 90.7 cm³/mol. The van der Waals surface area contributed by atoms with Crippen LogP contribution in [0.15, 0.2) is 23.6 Å². The second kappa shape index (κ2) is 5.45. The lowest BCUT2D eigenvalue weighted by atomic mass is 10.1. The SMILES string of the molecule is Cc1nn(C)c2nc(C3CC3)cc(C(=O)NCc3cccs3)c12. The maximum Gasteiger partial charge on any atom is 0.252 e. The lowest BCUT2D eigenvalue weighted by molar-refractivity contribution is 0.0952. The van der Waals surface area contributed by atoms with Crippen molar-refractivity contribution in [2.24, 2.45) is 7.05 Å². The number of nitrogens with zero attached hydrogens (tertiary/aromatic N) is 3. The number of carbonyl (C=O) groups is 1. The highest BCUT2D eigenvalue weighted by Crippen LogP contribution is 2.40. The third-order valence-electron chi connectivity index (χ3n) is 4.23. The van der Waals surface area contributed by atoms with Crippen molar-refractivity contribution >= 4 is 28.3 Å². The van der Waals surface area contributed by atoms with Crippen LogP contribution in [-0.4, -0.2) is 20.7 Å². The molecule has 0 aromatic carbocycles. The first-order valence-corrected chi connectivity index (χ1v) is 8.66. The number of pyridine rings is 1. The van der Waals surface area contributed by atoms with E-state index in [1.54, 1.807) is 16.0 Å². The fourth-order valence-electron chi connectivity index (χ4n) is 2.91. The van der Waals surface area contributed by atoms with Gasteiger partial charge in [0.1, 0.15) is 0 Å². The van der Waals surface area contributed by atoms with Crippen molar-refractivity contribution in [3.05, 3.63) is 45.4 Å². The minimum absolute atomic E-state index is 0.0520. The fourth-order valence-corrected chi connectivity index (χ4v) is 3.55. The van der Waals surface area contributed by atoms with Gasteiger partial charge in [-0.2, -0.15) is 5.10 Å². The summed E-state index contributed by atoms with van der Waals surface area (Å²) < 4.78 is 1.77. The number of hydrogen-bond donors (Lipinski definition) is 1. The highest BCUT2D eigenvalue weighted by atomic mass is 32.1. The van der Waals surface area contributed by atoms with Gasteiger partial charge in [-0.15, -0.1) is 11.3 Å². The van der Waals surface area contributed by atoms with Crippen molar-refractivity contribution in [2.45, 2.75) is 32.2 Å². The summed E-state index contributed by atoms with van der Waals surface area (Å²) in [5.74, 6) is 0.447. The summed E-state index contributed by atoms with van der Waals surface area (Å²) >= 11 is 1.65. The van der Waals surface area contributed by atoms with Crippen LogP contribution in [0, 0.1) is 6.92 Å². The van der Waals surface area contributed by atoms with Crippen LogP contribution in [0.4, 0.5) is 0 Å². The first-order chi connectivity index (χ1) is 11.1. The first kappa shape index (κ1) is 14.4. The van der Waals surface area contributed by atoms with Gasteiger partial charge < -0.3 is 5.32 Å². The summed E-state index contributed by atoms with van der Waals surface area (Å²) in [6.45, 7) is 2.48. The molecule has 4 rings (SSSR count). The maximum absolute atomic E-state index is 12.7. The molecule has 118 valence electrons. The summed E-state index contributed by atoms with van der Waals surface area (Å²) in [4.78, 5) is 18.6. The van der Waals surface area contributed by atoms with Crippen LogP contribution in [-0.2, 0) is 13.6 Å². The molecule has 0 spiro atoms. The monoisotopic (exact) mass is 326 g/mol. The smallest absolute Gasteiger partial charge is 0.252 e. The van der Waals surface area contributed by atoms with Gasteiger partial charge in [0.05, 0.1) is 23.2 Å². The van der Waals surface area contributed by atoms with Gasteiger partial charge in [-0.3, -0.25) is 9.48 Å². The molecular weight excluding hydrogens is 308 g/mol. The Morgan fingerprint density at radius 3 is 3.00 bits per heavy atom. The zero-order valence-corrected chi connectivity index (χ0v) is 14.0. The zero-order chi connectivity index (χ0) is 16.0. The van der Waals surface area contributed by atoms with Crippen LogP contribution in [0.3, 0.4) is 0 Å². The number of fused-ring (bicyclic) bond motifs is 1. The Morgan fingerprint density at radius 2 is 2.30 bits per heavy atom. The van der Waals surface area contributed by atoms with Crippen molar-refractivity contribution < 1.29 is 4.79 Å². The standard InChI is InChI=1S/C17H18N4OS/c1-10-15-13(17(22)18-9-12-4-3-7-23-12)8-14(11-5-6-11)19-16(15)21(2)20-10/h3-4,7-8,11H,5-6,9H2,1-2H3,(H,18,22). The van der Waals surface area contributed by atoms with Crippen molar-refractivity contribution in [3.63, 3.8) is 0 Å². The third kappa shape index (κ3) is 2.63. The molecule has 0 bridgehead atoms. The Balaban J connectivity index is 1.73. The number of rotatable bonds is 4. The molecule has 0 radical (unpaired) electrons. The molecule has 1 amide bonds. The Hall–Kier alpha value is -2.21. The van der Waals surface area contributed by atoms with Gasteiger partial charge in [-0.25, -0.2) is 4.98 Å². The topological polar surface area (TPSA) is 59.8 Å². The maximum atomic E-state index is 12.7. The summed E-state index contributed by atoms with van der Waals surface area (Å²) in [7, 11) is 1.88. The van der Waals surface area contributed by atoms with E-state index in [0.717, 1.165) is 40.1 Å². The molecule has 1 N–H and O–H groups in total. The van der Waals surface area contributed by atoms with Gasteiger partial charge in [-0.1, -0.05) is 6.07 Å². The minimum Gasteiger partial charge on any atom is -0.347 e. The van der Waals surface area contributed by atoms with E-state index in [4.69, 9.17) is 4.98 Å². The Morgan fingerprint density at radius 1 is 1.48 bits per heavy atom. The molecule has 0 aliphatic heterocycles. The molecule has 6 heteroatoms. The molecule has 0 saturated heterocycles. The quantitative estimate of drug-likeness (QED) is 0.801. The van der Waals surface area contributed by atoms with E-state index in [-0.39, 0.29) is 5.91 Å². The molecule has 1 fully saturated rings. The van der Waals surface area contributed by atoms with E-state index < -0.39 is 0 Å². The molecule has 0 atom stereocenters. The van der Waals surface area contributed by atoms with Gasteiger partial charge in [0.15, 0.2) is 5.65 Å². The summed E-state index contributed by atoms with van der Waals surface area (Å²) in [6, 6.07) is 5.98. The predicted octanol–water partition coefficient (Wildman–Crippen LogP) is 3.15. The van der Waals surface area contributed by atoms with Crippen molar-refractivity contribution in [2.75, 3.05) is 0 Å². The largest absolute Gasteiger partial charge is 0.347 e. The van der Waals surface area contributed by atoms with Gasteiger partial charge in [0.2, 0.25) is 0 Å². The minimum atomic E-state index is -0.0520. The molecule has 1 aliphatic carbocycles. The second-order valence-electron chi connectivity index (χ2n) is 6.04. The lowest BCUT2D eigenvalue weighted by Crippen LogP contribution is -2.23. The van der Waals surface area contributed by atoms with Gasteiger partial charge in [0.25, 0.3) is 5.91 Å². The number of amides is 1. The van der Waals surface area contributed by atoms with Crippen LogP contribution >= 0.6 is 11.3 Å². The highest BCUT2D eigenvalue weighted by Gasteiger charge is 2.28. The van der Waals surface area contributed by atoms with Crippen LogP contribution in [0.1, 0.15) is 45.4 Å². The van der Waals surface area contributed by atoms with E-state index in [1.807, 2.05) is 37.6 Å². The summed E-state index contributed by atoms with van der Waals surface area (Å²) in [6.07, 6.45) is 2.32. The van der Waals surface area contributed by atoms with Crippen LogP contribution in [0.25, 0.3) is 11.0 Å². The van der Waals surface area contributed by atoms with E-state index >= 15 is 0 Å². The van der Waals surface area contributed by atoms with Crippen molar-refractivity contribution in [1.82, 2.24) is 20.1 Å². The zero-order valence-electron chi connectivity index (χ0n) is 13.2. The second-order valence-corrected chi connectivity index (χ2v) is 7.07. The van der Waals surface area contributed by atoms with Crippen molar-refractivity contribution in [3.8, 4) is 0 Å². The number of aryl methyl sites for hydroxylation is 2. The van der Waals surface area contributed by atoms with Gasteiger partial charge in [-0.05, 0) is 37.3 Å². The first-order valence-electron chi connectivity index (χ1n) is 7.78. The van der Waals surface area contributed by atoms with E-state index in [1.165, 1.54) is 0 Å².